The lowest BCUT2D eigenvalue weighted by atomic mass is 10.2. The molecule has 2 aromatic rings. The highest BCUT2D eigenvalue weighted by molar-refractivity contribution is 7.99. The third kappa shape index (κ3) is 5.38. The van der Waals surface area contributed by atoms with Crippen LogP contribution < -0.4 is 5.43 Å². The van der Waals surface area contributed by atoms with Crippen LogP contribution in [0.5, 0.6) is 0 Å². The topological polar surface area (TPSA) is 54.4 Å². The van der Waals surface area contributed by atoms with Crippen LogP contribution in [-0.2, 0) is 4.79 Å². The third-order valence-electron chi connectivity index (χ3n) is 2.34. The zero-order valence-corrected chi connectivity index (χ0v) is 13.1. The largest absolute Gasteiger partial charge is 0.272 e. The van der Waals surface area contributed by atoms with Gasteiger partial charge in [0.05, 0.1) is 27.0 Å². The second kappa shape index (κ2) is 8.02. The SMILES string of the molecule is O=C(CSc1ccccn1)N/N=C\c1ccc(Cl)c(Cl)c1. The summed E-state index contributed by atoms with van der Waals surface area (Å²) in [6.07, 6.45) is 3.19. The minimum Gasteiger partial charge on any atom is -0.272 e. The summed E-state index contributed by atoms with van der Waals surface area (Å²) in [5.74, 6) is 0.0392. The molecule has 0 radical (unpaired) electrons. The van der Waals surface area contributed by atoms with Crippen LogP contribution in [0.15, 0.2) is 52.7 Å². The lowest BCUT2D eigenvalue weighted by molar-refractivity contribution is -0.118. The smallest absolute Gasteiger partial charge is 0.250 e. The van der Waals surface area contributed by atoms with Crippen LogP contribution in [0.1, 0.15) is 5.56 Å². The predicted octanol–water partition coefficient (Wildman–Crippen LogP) is 3.63. The summed E-state index contributed by atoms with van der Waals surface area (Å²) in [6, 6.07) is 10.6. The number of halogens is 2. The Labute approximate surface area is 136 Å². The first-order valence-corrected chi connectivity index (χ1v) is 7.70. The van der Waals surface area contributed by atoms with Gasteiger partial charge in [0.25, 0.3) is 0 Å². The molecule has 21 heavy (non-hydrogen) atoms. The normalized spacial score (nSPS) is 10.8. The first kappa shape index (κ1) is 15.8. The minimum atomic E-state index is -0.207. The number of hydrogen-bond acceptors (Lipinski definition) is 4. The number of thioether (sulfide) groups is 1. The van der Waals surface area contributed by atoms with Crippen molar-refractivity contribution in [2.75, 3.05) is 5.75 Å². The van der Waals surface area contributed by atoms with Gasteiger partial charge in [-0.3, -0.25) is 4.79 Å². The molecule has 4 nitrogen and oxygen atoms in total. The molecule has 0 unspecified atom stereocenters. The molecule has 1 aromatic heterocycles. The van der Waals surface area contributed by atoms with Gasteiger partial charge in [-0.1, -0.05) is 47.1 Å². The molecule has 0 spiro atoms. The molecule has 0 atom stereocenters. The number of hydrogen-bond donors (Lipinski definition) is 1. The number of nitrogens with one attached hydrogen (secondary N) is 1. The lowest BCUT2D eigenvalue weighted by Gasteiger charge is -2.00. The molecule has 1 heterocycles. The summed E-state index contributed by atoms with van der Waals surface area (Å²) < 4.78 is 0. The van der Waals surface area contributed by atoms with Crippen molar-refractivity contribution in [3.05, 3.63) is 58.2 Å². The summed E-state index contributed by atoms with van der Waals surface area (Å²) in [5.41, 5.74) is 3.19. The monoisotopic (exact) mass is 339 g/mol. The van der Waals surface area contributed by atoms with Crippen molar-refractivity contribution in [1.82, 2.24) is 10.4 Å². The fraction of sp³-hybridized carbons (Fsp3) is 0.0714. The zero-order chi connectivity index (χ0) is 15.1. The number of hydrazone groups is 1. The van der Waals surface area contributed by atoms with Crippen LogP contribution >= 0.6 is 35.0 Å². The molecule has 0 aliphatic heterocycles. The third-order valence-corrected chi connectivity index (χ3v) is 4.02. The lowest BCUT2D eigenvalue weighted by Crippen LogP contribution is -2.19. The second-order valence-electron chi connectivity index (χ2n) is 3.92. The van der Waals surface area contributed by atoms with Crippen LogP contribution in [0.2, 0.25) is 10.0 Å². The quantitative estimate of drug-likeness (QED) is 0.514. The number of amides is 1. The van der Waals surface area contributed by atoms with Crippen molar-refractivity contribution < 1.29 is 4.79 Å². The van der Waals surface area contributed by atoms with Crippen molar-refractivity contribution in [1.29, 1.82) is 0 Å². The molecule has 108 valence electrons. The average molecular weight is 340 g/mol. The van der Waals surface area contributed by atoms with Crippen LogP contribution in [0.25, 0.3) is 0 Å². The molecule has 0 saturated carbocycles. The summed E-state index contributed by atoms with van der Waals surface area (Å²) in [6.45, 7) is 0. The molecule has 0 bridgehead atoms. The summed E-state index contributed by atoms with van der Waals surface area (Å²) in [4.78, 5) is 15.7. The molecule has 1 N–H and O–H groups in total. The second-order valence-corrected chi connectivity index (χ2v) is 5.73. The summed E-state index contributed by atoms with van der Waals surface area (Å²) in [5, 5.41) is 5.58. The van der Waals surface area contributed by atoms with Gasteiger partial charge in [-0.15, -0.1) is 0 Å². The van der Waals surface area contributed by atoms with Gasteiger partial charge in [-0.2, -0.15) is 5.10 Å². The highest BCUT2D eigenvalue weighted by atomic mass is 35.5. The van der Waals surface area contributed by atoms with Crippen molar-refractivity contribution in [3.8, 4) is 0 Å². The number of carbonyl (C=O) groups excluding carboxylic acids is 1. The van der Waals surface area contributed by atoms with Crippen molar-refractivity contribution in [2.24, 2.45) is 5.10 Å². The van der Waals surface area contributed by atoms with Gasteiger partial charge in [0.15, 0.2) is 0 Å². The Bertz CT molecular complexity index is 650. The van der Waals surface area contributed by atoms with E-state index < -0.39 is 0 Å². The van der Waals surface area contributed by atoms with Crippen LogP contribution in [0.3, 0.4) is 0 Å². The number of pyridine rings is 1. The molecular weight excluding hydrogens is 329 g/mol. The maximum absolute atomic E-state index is 11.6. The predicted molar refractivity (Wildman–Crippen MR) is 87.2 cm³/mol. The molecule has 7 heteroatoms. The van der Waals surface area contributed by atoms with Crippen LogP contribution in [0.4, 0.5) is 0 Å². The molecule has 0 aliphatic carbocycles. The summed E-state index contributed by atoms with van der Waals surface area (Å²) >= 11 is 13.0. The number of aromatic nitrogens is 1. The van der Waals surface area contributed by atoms with E-state index in [2.05, 4.69) is 15.5 Å². The molecule has 0 saturated heterocycles. The van der Waals surface area contributed by atoms with E-state index in [9.17, 15) is 4.79 Å². The molecule has 1 aromatic carbocycles. The maximum Gasteiger partial charge on any atom is 0.250 e. The Morgan fingerprint density at radius 3 is 2.86 bits per heavy atom. The van der Waals surface area contributed by atoms with Gasteiger partial charge in [0, 0.05) is 6.20 Å². The van der Waals surface area contributed by atoms with Crippen LogP contribution in [0, 0.1) is 0 Å². The molecule has 2 rings (SSSR count). The first-order chi connectivity index (χ1) is 10.1. The molecule has 1 amide bonds. The molecule has 0 fully saturated rings. The fourth-order valence-electron chi connectivity index (χ4n) is 1.38. The van der Waals surface area contributed by atoms with E-state index in [-0.39, 0.29) is 11.7 Å². The van der Waals surface area contributed by atoms with Crippen molar-refractivity contribution in [3.63, 3.8) is 0 Å². The van der Waals surface area contributed by atoms with E-state index in [0.29, 0.717) is 10.0 Å². The van der Waals surface area contributed by atoms with Crippen molar-refractivity contribution >= 4 is 47.1 Å². The van der Waals surface area contributed by atoms with Gasteiger partial charge in [0.2, 0.25) is 5.91 Å². The Morgan fingerprint density at radius 2 is 2.14 bits per heavy atom. The Morgan fingerprint density at radius 1 is 1.29 bits per heavy atom. The Hall–Kier alpha value is -1.56. The van der Waals surface area contributed by atoms with E-state index in [4.69, 9.17) is 23.2 Å². The van der Waals surface area contributed by atoms with E-state index in [1.54, 1.807) is 24.4 Å². The molecular formula is C14H11Cl2N3OS. The number of nitrogens with zero attached hydrogens (tertiary/aromatic N) is 2. The van der Waals surface area contributed by atoms with Gasteiger partial charge in [-0.05, 0) is 29.8 Å². The fourth-order valence-corrected chi connectivity index (χ4v) is 2.34. The van der Waals surface area contributed by atoms with E-state index in [1.165, 1.54) is 18.0 Å². The van der Waals surface area contributed by atoms with Gasteiger partial charge in [-0.25, -0.2) is 10.4 Å². The number of benzene rings is 1. The standard InChI is InChI=1S/C14H11Cl2N3OS/c15-11-5-4-10(7-12(11)16)8-18-19-13(20)9-21-14-3-1-2-6-17-14/h1-8H,9H2,(H,19,20)/b18-8-. The zero-order valence-electron chi connectivity index (χ0n) is 10.8. The molecule has 0 aliphatic rings. The minimum absolute atomic E-state index is 0.207. The van der Waals surface area contributed by atoms with E-state index in [0.717, 1.165) is 10.6 Å². The summed E-state index contributed by atoms with van der Waals surface area (Å²) in [7, 11) is 0. The highest BCUT2D eigenvalue weighted by Gasteiger charge is 2.02. The average Bonchev–Trinajstić information content (AvgIpc) is 2.50. The van der Waals surface area contributed by atoms with Crippen LogP contribution in [-0.4, -0.2) is 22.9 Å². The van der Waals surface area contributed by atoms with Gasteiger partial charge in [0.1, 0.15) is 0 Å². The Balaban J connectivity index is 1.80. The van der Waals surface area contributed by atoms with Gasteiger partial charge >= 0.3 is 0 Å². The Kier molecular flexibility index (Phi) is 6.04. The van der Waals surface area contributed by atoms with E-state index >= 15 is 0 Å². The van der Waals surface area contributed by atoms with E-state index in [1.807, 2.05) is 18.2 Å². The number of carbonyl (C=O) groups is 1. The van der Waals surface area contributed by atoms with Gasteiger partial charge < -0.3 is 0 Å². The highest BCUT2D eigenvalue weighted by Crippen LogP contribution is 2.21. The maximum atomic E-state index is 11.6. The number of rotatable bonds is 5. The first-order valence-electron chi connectivity index (χ1n) is 5.96. The van der Waals surface area contributed by atoms with Crippen molar-refractivity contribution in [2.45, 2.75) is 5.03 Å².